The zero-order valence-corrected chi connectivity index (χ0v) is 11.8. The number of carbonyl (C=O) groups is 1. The zero-order valence-electron chi connectivity index (χ0n) is 11.8. The molecule has 0 aromatic heterocycles. The molecule has 1 amide bonds. The number of hydrogen-bond acceptors (Lipinski definition) is 3. The maximum Gasteiger partial charge on any atom is 0.407 e. The van der Waals surface area contributed by atoms with Gasteiger partial charge in [-0.2, -0.15) is 0 Å². The summed E-state index contributed by atoms with van der Waals surface area (Å²) < 4.78 is 5.10. The van der Waals surface area contributed by atoms with E-state index < -0.39 is 0 Å². The first kappa shape index (κ1) is 14.8. The van der Waals surface area contributed by atoms with Gasteiger partial charge < -0.3 is 10.1 Å². The summed E-state index contributed by atoms with van der Waals surface area (Å²) in [6.07, 6.45) is 1.68. The minimum absolute atomic E-state index is 0.0390. The molecule has 0 aliphatic carbocycles. The van der Waals surface area contributed by atoms with Crippen LogP contribution in [0, 0.1) is 17.3 Å². The summed E-state index contributed by atoms with van der Waals surface area (Å²) in [5.74, 6) is 6.48. The number of ether oxygens (including phenoxy) is 1. The fourth-order valence-electron chi connectivity index (χ4n) is 1.74. The summed E-state index contributed by atoms with van der Waals surface area (Å²) in [5, 5.41) is 5.99. The Morgan fingerprint density at radius 3 is 2.78 bits per heavy atom. The average Bonchev–Trinajstić information content (AvgIpc) is 2.71. The summed E-state index contributed by atoms with van der Waals surface area (Å²) in [4.78, 5) is 11.1. The lowest BCUT2D eigenvalue weighted by Gasteiger charge is -2.12. The third kappa shape index (κ3) is 5.92. The highest BCUT2D eigenvalue weighted by atomic mass is 16.5. The van der Waals surface area contributed by atoms with Crippen molar-refractivity contribution >= 4 is 6.09 Å². The Hall–Kier alpha value is -1.21. The van der Waals surface area contributed by atoms with E-state index in [4.69, 9.17) is 4.74 Å². The van der Waals surface area contributed by atoms with Crippen molar-refractivity contribution in [1.29, 1.82) is 0 Å². The van der Waals surface area contributed by atoms with Crippen molar-refractivity contribution in [2.24, 2.45) is 5.41 Å². The lowest BCUT2D eigenvalue weighted by molar-refractivity contribution is 0.136. The predicted molar refractivity (Wildman–Crippen MR) is 72.2 cm³/mol. The lowest BCUT2D eigenvalue weighted by atomic mass is 9.97. The summed E-state index contributed by atoms with van der Waals surface area (Å²) in [6, 6.07) is 0.457. The van der Waals surface area contributed by atoms with Crippen LogP contribution in [0.2, 0.25) is 0 Å². The van der Waals surface area contributed by atoms with E-state index in [0.717, 1.165) is 12.8 Å². The number of alkyl carbamates (subject to hydrolysis) is 1. The average molecular weight is 252 g/mol. The Bertz CT molecular complexity index is 336. The van der Waals surface area contributed by atoms with E-state index in [1.807, 2.05) is 6.92 Å². The molecule has 0 radical (unpaired) electrons. The third-order valence-corrected chi connectivity index (χ3v) is 2.60. The normalized spacial score (nSPS) is 23.1. The summed E-state index contributed by atoms with van der Waals surface area (Å²) >= 11 is 0. The number of carbonyl (C=O) groups excluding carboxylic acids is 1. The molecule has 1 rings (SSSR count). The van der Waals surface area contributed by atoms with E-state index in [-0.39, 0.29) is 23.6 Å². The van der Waals surface area contributed by atoms with Crippen molar-refractivity contribution in [3.05, 3.63) is 0 Å². The van der Waals surface area contributed by atoms with Gasteiger partial charge in [0.2, 0.25) is 0 Å². The largest absolute Gasteiger partial charge is 0.448 e. The Morgan fingerprint density at radius 2 is 2.17 bits per heavy atom. The van der Waals surface area contributed by atoms with Crippen LogP contribution < -0.4 is 10.6 Å². The second-order valence-electron chi connectivity index (χ2n) is 5.64. The van der Waals surface area contributed by atoms with Gasteiger partial charge in [-0.25, -0.2) is 4.79 Å². The molecule has 0 saturated carbocycles. The van der Waals surface area contributed by atoms with Crippen molar-refractivity contribution in [1.82, 2.24) is 10.6 Å². The van der Waals surface area contributed by atoms with Crippen molar-refractivity contribution in [2.75, 3.05) is 13.2 Å². The zero-order chi connectivity index (χ0) is 13.6. The molecule has 102 valence electrons. The first-order valence-corrected chi connectivity index (χ1v) is 6.60. The van der Waals surface area contributed by atoms with Gasteiger partial charge in [0, 0.05) is 18.0 Å². The van der Waals surface area contributed by atoms with Crippen LogP contribution in [-0.4, -0.2) is 31.3 Å². The van der Waals surface area contributed by atoms with Crippen LogP contribution in [0.15, 0.2) is 0 Å². The third-order valence-electron chi connectivity index (χ3n) is 2.60. The molecule has 1 aliphatic rings. The predicted octanol–water partition coefficient (Wildman–Crippen LogP) is 1.90. The highest BCUT2D eigenvalue weighted by Gasteiger charge is 2.23. The Kier molecular flexibility index (Phi) is 5.49. The quantitative estimate of drug-likeness (QED) is 0.754. The van der Waals surface area contributed by atoms with Crippen LogP contribution >= 0.6 is 0 Å². The van der Waals surface area contributed by atoms with Gasteiger partial charge in [-0.15, -0.1) is 0 Å². The molecule has 0 bridgehead atoms. The topological polar surface area (TPSA) is 50.4 Å². The molecular weight excluding hydrogens is 228 g/mol. The van der Waals surface area contributed by atoms with Gasteiger partial charge in [0.05, 0.1) is 6.04 Å². The molecule has 1 aliphatic heterocycles. The Morgan fingerprint density at radius 1 is 1.44 bits per heavy atom. The summed E-state index contributed by atoms with van der Waals surface area (Å²) in [7, 11) is 0. The SMILES string of the molecule is CCNC(=O)OC[C@H]1CCC(C#CC(C)(C)C)N1. The second-order valence-corrected chi connectivity index (χ2v) is 5.64. The van der Waals surface area contributed by atoms with Gasteiger partial charge in [0.25, 0.3) is 0 Å². The molecule has 1 saturated heterocycles. The highest BCUT2D eigenvalue weighted by Crippen LogP contribution is 2.14. The monoisotopic (exact) mass is 252 g/mol. The summed E-state index contributed by atoms with van der Waals surface area (Å²) in [6.45, 7) is 9.18. The number of rotatable bonds is 3. The van der Waals surface area contributed by atoms with Crippen molar-refractivity contribution in [2.45, 2.75) is 52.6 Å². The lowest BCUT2D eigenvalue weighted by Crippen LogP contribution is -2.35. The van der Waals surface area contributed by atoms with Gasteiger partial charge in [-0.05, 0) is 40.5 Å². The molecule has 1 heterocycles. The summed E-state index contributed by atoms with van der Waals surface area (Å²) in [5.41, 5.74) is 0.0390. The van der Waals surface area contributed by atoms with Gasteiger partial charge >= 0.3 is 6.09 Å². The van der Waals surface area contributed by atoms with Gasteiger partial charge in [0.1, 0.15) is 6.61 Å². The molecule has 4 nitrogen and oxygen atoms in total. The molecule has 18 heavy (non-hydrogen) atoms. The van der Waals surface area contributed by atoms with E-state index in [1.165, 1.54) is 0 Å². The molecular formula is C14H24N2O2. The van der Waals surface area contributed by atoms with Crippen molar-refractivity contribution in [3.8, 4) is 11.8 Å². The molecule has 4 heteroatoms. The van der Waals surface area contributed by atoms with Crippen molar-refractivity contribution in [3.63, 3.8) is 0 Å². The maximum atomic E-state index is 11.1. The van der Waals surface area contributed by atoms with E-state index in [1.54, 1.807) is 0 Å². The van der Waals surface area contributed by atoms with Gasteiger partial charge in [-0.3, -0.25) is 5.32 Å². The smallest absolute Gasteiger partial charge is 0.407 e. The van der Waals surface area contributed by atoms with Crippen LogP contribution in [0.3, 0.4) is 0 Å². The van der Waals surface area contributed by atoms with Crippen LogP contribution in [0.25, 0.3) is 0 Å². The number of amides is 1. The first-order chi connectivity index (χ1) is 8.40. The molecule has 1 fully saturated rings. The minimum Gasteiger partial charge on any atom is -0.448 e. The fourth-order valence-corrected chi connectivity index (χ4v) is 1.74. The van der Waals surface area contributed by atoms with Crippen LogP contribution in [0.1, 0.15) is 40.5 Å². The first-order valence-electron chi connectivity index (χ1n) is 6.60. The van der Waals surface area contributed by atoms with E-state index in [2.05, 4.69) is 43.2 Å². The van der Waals surface area contributed by atoms with E-state index >= 15 is 0 Å². The second kappa shape index (κ2) is 6.65. The van der Waals surface area contributed by atoms with Crippen LogP contribution in [0.5, 0.6) is 0 Å². The molecule has 0 aromatic carbocycles. The maximum absolute atomic E-state index is 11.1. The van der Waals surface area contributed by atoms with E-state index in [9.17, 15) is 4.79 Å². The Balaban J connectivity index is 2.29. The van der Waals surface area contributed by atoms with Crippen LogP contribution in [0.4, 0.5) is 4.79 Å². The molecule has 2 N–H and O–H groups in total. The van der Waals surface area contributed by atoms with E-state index in [0.29, 0.717) is 13.2 Å². The highest BCUT2D eigenvalue weighted by molar-refractivity contribution is 5.66. The molecule has 0 aromatic rings. The molecule has 2 atom stereocenters. The molecule has 0 spiro atoms. The van der Waals surface area contributed by atoms with Gasteiger partial charge in [-0.1, -0.05) is 11.8 Å². The fraction of sp³-hybridized carbons (Fsp3) is 0.786. The van der Waals surface area contributed by atoms with Crippen LogP contribution in [-0.2, 0) is 4.74 Å². The Labute approximate surface area is 110 Å². The van der Waals surface area contributed by atoms with Gasteiger partial charge in [0.15, 0.2) is 0 Å². The molecule has 1 unspecified atom stereocenters. The number of nitrogens with one attached hydrogen (secondary N) is 2. The number of hydrogen-bond donors (Lipinski definition) is 2. The van der Waals surface area contributed by atoms with Crippen molar-refractivity contribution < 1.29 is 9.53 Å². The standard InChI is InChI=1S/C14H24N2O2/c1-5-15-13(17)18-10-12-7-6-11(16-12)8-9-14(2,3)4/h11-12,16H,5-7,10H2,1-4H3,(H,15,17)/t11?,12-/m1/s1. The minimum atomic E-state index is -0.344.